The van der Waals surface area contributed by atoms with Crippen molar-refractivity contribution in [3.63, 3.8) is 0 Å². The van der Waals surface area contributed by atoms with Crippen LogP contribution >= 0.6 is 0 Å². The SMILES string of the molecule is CC(C)(C)OC(=O)N1C[C@@H]2CNC[C@@H](C1)O2. The highest BCUT2D eigenvalue weighted by atomic mass is 16.6. The first-order chi connectivity index (χ1) is 7.44. The van der Waals surface area contributed by atoms with Gasteiger partial charge in [0.2, 0.25) is 0 Å². The summed E-state index contributed by atoms with van der Waals surface area (Å²) < 4.78 is 11.1. The molecule has 5 nitrogen and oxygen atoms in total. The molecule has 2 heterocycles. The number of nitrogens with one attached hydrogen (secondary N) is 1. The molecule has 92 valence electrons. The summed E-state index contributed by atoms with van der Waals surface area (Å²) in [6.07, 6.45) is -0.00673. The van der Waals surface area contributed by atoms with Crippen LogP contribution in [0.2, 0.25) is 0 Å². The van der Waals surface area contributed by atoms with Crippen LogP contribution < -0.4 is 5.32 Å². The van der Waals surface area contributed by atoms with Crippen molar-refractivity contribution in [3.8, 4) is 0 Å². The molecule has 2 fully saturated rings. The molecule has 1 amide bonds. The minimum Gasteiger partial charge on any atom is -0.444 e. The van der Waals surface area contributed by atoms with Gasteiger partial charge in [-0.25, -0.2) is 4.79 Å². The van der Waals surface area contributed by atoms with Crippen LogP contribution in [0.3, 0.4) is 0 Å². The third-order valence-corrected chi connectivity index (χ3v) is 2.63. The number of morpholine rings is 2. The van der Waals surface area contributed by atoms with Gasteiger partial charge >= 0.3 is 6.09 Å². The fraction of sp³-hybridized carbons (Fsp3) is 0.909. The average molecular weight is 228 g/mol. The zero-order chi connectivity index (χ0) is 11.8. The molecule has 2 rings (SSSR count). The Hall–Kier alpha value is -0.810. The van der Waals surface area contributed by atoms with Crippen LogP contribution in [0.1, 0.15) is 20.8 Å². The van der Waals surface area contributed by atoms with E-state index in [1.54, 1.807) is 4.90 Å². The summed E-state index contributed by atoms with van der Waals surface area (Å²) in [6, 6.07) is 0. The molecule has 1 N–H and O–H groups in total. The lowest BCUT2D eigenvalue weighted by atomic mass is 10.1. The number of amides is 1. The second-order valence-electron chi connectivity index (χ2n) is 5.42. The number of hydrogen-bond acceptors (Lipinski definition) is 4. The largest absolute Gasteiger partial charge is 0.444 e. The summed E-state index contributed by atoms with van der Waals surface area (Å²) in [5.74, 6) is 0. The van der Waals surface area contributed by atoms with Crippen molar-refractivity contribution in [2.24, 2.45) is 0 Å². The molecule has 0 aromatic heterocycles. The zero-order valence-electron chi connectivity index (χ0n) is 10.2. The van der Waals surface area contributed by atoms with Crippen molar-refractivity contribution in [2.75, 3.05) is 26.2 Å². The van der Waals surface area contributed by atoms with Gasteiger partial charge in [-0.1, -0.05) is 0 Å². The average Bonchev–Trinajstić information content (AvgIpc) is 2.14. The first-order valence-corrected chi connectivity index (χ1v) is 5.78. The summed E-state index contributed by atoms with van der Waals surface area (Å²) in [6.45, 7) is 8.53. The topological polar surface area (TPSA) is 50.8 Å². The molecule has 0 radical (unpaired) electrons. The molecule has 2 aliphatic rings. The molecule has 0 saturated carbocycles. The van der Waals surface area contributed by atoms with Crippen molar-refractivity contribution in [1.82, 2.24) is 10.2 Å². The van der Waals surface area contributed by atoms with E-state index in [0.29, 0.717) is 13.1 Å². The van der Waals surface area contributed by atoms with Crippen LogP contribution in [0.25, 0.3) is 0 Å². The van der Waals surface area contributed by atoms with E-state index < -0.39 is 5.60 Å². The third-order valence-electron chi connectivity index (χ3n) is 2.63. The second kappa shape index (κ2) is 4.22. The molecule has 0 aromatic carbocycles. The standard InChI is InChI=1S/C11H20N2O3/c1-11(2,3)16-10(14)13-6-8-4-12-5-9(7-13)15-8/h8-9,12H,4-7H2,1-3H3/t8-,9-/m0/s1. The number of carbonyl (C=O) groups excluding carboxylic acids is 1. The highest BCUT2D eigenvalue weighted by Gasteiger charge is 2.35. The molecule has 2 saturated heterocycles. The molecule has 0 spiro atoms. The minimum absolute atomic E-state index is 0.111. The first kappa shape index (κ1) is 11.7. The number of carbonyl (C=O) groups is 1. The monoisotopic (exact) mass is 228 g/mol. The number of hydrogen-bond donors (Lipinski definition) is 1. The van der Waals surface area contributed by atoms with Crippen LogP contribution in [0, 0.1) is 0 Å². The Morgan fingerprint density at radius 1 is 1.31 bits per heavy atom. The molecule has 2 atom stereocenters. The lowest BCUT2D eigenvalue weighted by Crippen LogP contribution is -2.59. The van der Waals surface area contributed by atoms with E-state index >= 15 is 0 Å². The molecule has 2 bridgehead atoms. The first-order valence-electron chi connectivity index (χ1n) is 5.78. The van der Waals surface area contributed by atoms with Crippen LogP contribution in [0.5, 0.6) is 0 Å². The maximum atomic E-state index is 11.9. The summed E-state index contributed by atoms with van der Waals surface area (Å²) in [7, 11) is 0. The molecule has 2 aliphatic heterocycles. The number of fused-ring (bicyclic) bond motifs is 2. The Morgan fingerprint density at radius 2 is 1.88 bits per heavy atom. The normalized spacial score (nSPS) is 30.1. The maximum Gasteiger partial charge on any atom is 0.410 e. The van der Waals surface area contributed by atoms with E-state index in [4.69, 9.17) is 9.47 Å². The highest BCUT2D eigenvalue weighted by Crippen LogP contribution is 2.17. The lowest BCUT2D eigenvalue weighted by molar-refractivity contribution is -0.102. The Morgan fingerprint density at radius 3 is 2.38 bits per heavy atom. The summed E-state index contributed by atoms with van der Waals surface area (Å²) in [5, 5.41) is 3.29. The second-order valence-corrected chi connectivity index (χ2v) is 5.42. The van der Waals surface area contributed by atoms with Crippen LogP contribution in [0.15, 0.2) is 0 Å². The van der Waals surface area contributed by atoms with Crippen LogP contribution in [0.4, 0.5) is 4.79 Å². The van der Waals surface area contributed by atoms with E-state index in [1.165, 1.54) is 0 Å². The predicted octanol–water partition coefficient (Wildman–Crippen LogP) is 0.594. The van der Waals surface area contributed by atoms with Crippen LogP contribution in [-0.2, 0) is 9.47 Å². The quantitative estimate of drug-likeness (QED) is 0.659. The van der Waals surface area contributed by atoms with Gasteiger partial charge in [0.05, 0.1) is 25.3 Å². The fourth-order valence-corrected chi connectivity index (χ4v) is 2.03. The molecule has 0 aromatic rings. The van der Waals surface area contributed by atoms with Gasteiger partial charge in [-0.3, -0.25) is 0 Å². The molecule has 16 heavy (non-hydrogen) atoms. The molecule has 5 heteroatoms. The van der Waals surface area contributed by atoms with Crippen LogP contribution in [-0.4, -0.2) is 55.0 Å². The summed E-state index contributed by atoms with van der Waals surface area (Å²) in [5.41, 5.74) is -0.428. The number of ether oxygens (including phenoxy) is 2. The highest BCUT2D eigenvalue weighted by molar-refractivity contribution is 5.68. The third kappa shape index (κ3) is 2.86. The van der Waals surface area contributed by atoms with Gasteiger partial charge in [0, 0.05) is 13.1 Å². The smallest absolute Gasteiger partial charge is 0.410 e. The molecular weight excluding hydrogens is 208 g/mol. The lowest BCUT2D eigenvalue weighted by Gasteiger charge is -2.41. The van der Waals surface area contributed by atoms with Crippen molar-refractivity contribution in [2.45, 2.75) is 38.6 Å². The Bertz CT molecular complexity index is 263. The van der Waals surface area contributed by atoms with Crippen molar-refractivity contribution in [1.29, 1.82) is 0 Å². The molecular formula is C11H20N2O3. The Balaban J connectivity index is 1.92. The molecule has 0 aliphatic carbocycles. The zero-order valence-corrected chi connectivity index (χ0v) is 10.2. The van der Waals surface area contributed by atoms with E-state index in [2.05, 4.69) is 5.32 Å². The Kier molecular flexibility index (Phi) is 3.08. The van der Waals surface area contributed by atoms with Crippen molar-refractivity contribution in [3.05, 3.63) is 0 Å². The van der Waals surface area contributed by atoms with Gasteiger partial charge in [0.15, 0.2) is 0 Å². The summed E-state index contributed by atoms with van der Waals surface area (Å²) in [4.78, 5) is 13.6. The molecule has 0 unspecified atom stereocenters. The number of nitrogens with zero attached hydrogens (tertiary/aromatic N) is 1. The van der Waals surface area contributed by atoms with E-state index in [9.17, 15) is 4.79 Å². The van der Waals surface area contributed by atoms with Gasteiger partial charge in [-0.05, 0) is 20.8 Å². The summed E-state index contributed by atoms with van der Waals surface area (Å²) >= 11 is 0. The van der Waals surface area contributed by atoms with Gasteiger partial charge < -0.3 is 19.7 Å². The van der Waals surface area contributed by atoms with E-state index in [1.807, 2.05) is 20.8 Å². The Labute approximate surface area is 96.1 Å². The van der Waals surface area contributed by atoms with Crippen molar-refractivity contribution >= 4 is 6.09 Å². The van der Waals surface area contributed by atoms with E-state index in [-0.39, 0.29) is 18.3 Å². The maximum absolute atomic E-state index is 11.9. The number of rotatable bonds is 0. The van der Waals surface area contributed by atoms with Crippen molar-refractivity contribution < 1.29 is 14.3 Å². The van der Waals surface area contributed by atoms with Gasteiger partial charge in [-0.2, -0.15) is 0 Å². The van der Waals surface area contributed by atoms with Gasteiger partial charge in [0.25, 0.3) is 0 Å². The van der Waals surface area contributed by atoms with Gasteiger partial charge in [0.1, 0.15) is 5.60 Å². The minimum atomic E-state index is -0.428. The fourth-order valence-electron chi connectivity index (χ4n) is 2.03. The predicted molar refractivity (Wildman–Crippen MR) is 59.3 cm³/mol. The van der Waals surface area contributed by atoms with E-state index in [0.717, 1.165) is 13.1 Å². The van der Waals surface area contributed by atoms with Gasteiger partial charge in [-0.15, -0.1) is 0 Å².